The lowest BCUT2D eigenvalue weighted by molar-refractivity contribution is -0.139. The van der Waals surface area contributed by atoms with E-state index in [9.17, 15) is 14.1 Å². The van der Waals surface area contributed by atoms with E-state index in [1.165, 1.54) is 25.3 Å². The van der Waals surface area contributed by atoms with E-state index in [0.29, 0.717) is 11.3 Å². The molecule has 0 aliphatic heterocycles. The van der Waals surface area contributed by atoms with Crippen molar-refractivity contribution in [2.24, 2.45) is 0 Å². The second-order valence-corrected chi connectivity index (χ2v) is 5.91. The maximum absolute atomic E-state index is 14.3. The molecule has 2 aromatic carbocycles. The number of carbonyl (C=O) groups excluding carboxylic acids is 1. The average molecular weight is 412 g/mol. The predicted octanol–water partition coefficient (Wildman–Crippen LogP) is 3.45. The number of benzene rings is 2. The number of aliphatic carboxylic acids is 1. The van der Waals surface area contributed by atoms with Crippen LogP contribution in [0.2, 0.25) is 0 Å². The van der Waals surface area contributed by atoms with Gasteiger partial charge in [-0.3, -0.25) is 4.79 Å². The van der Waals surface area contributed by atoms with Gasteiger partial charge in [-0.2, -0.15) is 5.12 Å². The summed E-state index contributed by atoms with van der Waals surface area (Å²) in [7, 11) is 1.40. The molecule has 0 fully saturated rings. The molecule has 0 saturated heterocycles. The number of amides is 1. The molecule has 1 amide bonds. The zero-order chi connectivity index (χ0) is 18.4. The van der Waals surface area contributed by atoms with Gasteiger partial charge >= 0.3 is 5.97 Å². The van der Waals surface area contributed by atoms with Crippen molar-refractivity contribution in [2.45, 2.75) is 6.54 Å². The third kappa shape index (κ3) is 5.18. The maximum Gasteiger partial charge on any atom is 0.341 e. The van der Waals surface area contributed by atoms with Crippen molar-refractivity contribution in [1.82, 2.24) is 5.12 Å². The molecule has 6 nitrogen and oxygen atoms in total. The van der Waals surface area contributed by atoms with Gasteiger partial charge in [0.25, 0.3) is 5.91 Å². The van der Waals surface area contributed by atoms with Gasteiger partial charge < -0.3 is 14.6 Å². The number of carboxylic acids is 1. The Balaban J connectivity index is 2.22. The van der Waals surface area contributed by atoms with Crippen LogP contribution in [0.25, 0.3) is 0 Å². The number of hydrogen-bond acceptors (Lipinski definition) is 4. The number of halogens is 2. The Bertz CT molecular complexity index is 766. The number of ether oxygens (including phenoxy) is 2. The Hall–Kier alpha value is -2.61. The molecule has 0 aliphatic carbocycles. The summed E-state index contributed by atoms with van der Waals surface area (Å²) in [4.78, 5) is 23.1. The second kappa shape index (κ2) is 8.48. The van der Waals surface area contributed by atoms with Crippen LogP contribution in [0.4, 0.5) is 4.48 Å². The van der Waals surface area contributed by atoms with Crippen molar-refractivity contribution in [3.8, 4) is 11.5 Å². The van der Waals surface area contributed by atoms with E-state index < -0.39 is 18.5 Å². The molecule has 2 rings (SSSR count). The molecule has 0 aliphatic rings. The highest BCUT2D eigenvalue weighted by molar-refractivity contribution is 9.10. The number of nitrogens with zero attached hydrogens (tertiary/aromatic N) is 1. The molecule has 25 heavy (non-hydrogen) atoms. The SMILES string of the molecule is COc1ccc(OCC(=O)O)c(C(=O)N(F)Cc2ccc(Br)cc2)c1. The van der Waals surface area contributed by atoms with Gasteiger partial charge in [0.05, 0.1) is 19.2 Å². The van der Waals surface area contributed by atoms with Crippen molar-refractivity contribution < 1.29 is 28.7 Å². The summed E-state index contributed by atoms with van der Waals surface area (Å²) >= 11 is 3.28. The van der Waals surface area contributed by atoms with Crippen LogP contribution in [0.15, 0.2) is 46.9 Å². The van der Waals surface area contributed by atoms with E-state index in [0.717, 1.165) is 4.47 Å². The van der Waals surface area contributed by atoms with Gasteiger partial charge in [-0.15, -0.1) is 0 Å². The lowest BCUT2D eigenvalue weighted by atomic mass is 10.1. The quantitative estimate of drug-likeness (QED) is 0.706. The molecule has 0 atom stereocenters. The van der Waals surface area contributed by atoms with Crippen LogP contribution in [0.1, 0.15) is 15.9 Å². The van der Waals surface area contributed by atoms with E-state index in [-0.39, 0.29) is 23.0 Å². The molecule has 2 aromatic rings. The fourth-order valence-corrected chi connectivity index (χ4v) is 2.29. The summed E-state index contributed by atoms with van der Waals surface area (Å²) in [5.41, 5.74) is 0.468. The van der Waals surface area contributed by atoms with Gasteiger partial charge in [-0.1, -0.05) is 32.5 Å². The fourth-order valence-electron chi connectivity index (χ4n) is 2.02. The second-order valence-electron chi connectivity index (χ2n) is 5.00. The largest absolute Gasteiger partial charge is 0.497 e. The van der Waals surface area contributed by atoms with Gasteiger partial charge in [0, 0.05) is 4.47 Å². The van der Waals surface area contributed by atoms with E-state index in [2.05, 4.69) is 15.9 Å². The smallest absolute Gasteiger partial charge is 0.341 e. The maximum atomic E-state index is 14.3. The molecule has 0 heterocycles. The van der Waals surface area contributed by atoms with Gasteiger partial charge in [0.2, 0.25) is 0 Å². The minimum atomic E-state index is -1.21. The summed E-state index contributed by atoms with van der Waals surface area (Å²) in [6.07, 6.45) is 0. The minimum Gasteiger partial charge on any atom is -0.497 e. The molecular weight excluding hydrogens is 397 g/mol. The monoisotopic (exact) mass is 411 g/mol. The van der Waals surface area contributed by atoms with Gasteiger partial charge in [0.15, 0.2) is 6.61 Å². The number of carboxylic acid groups (broad SMARTS) is 1. The van der Waals surface area contributed by atoms with Crippen LogP contribution in [0.5, 0.6) is 11.5 Å². The van der Waals surface area contributed by atoms with Crippen molar-refractivity contribution in [2.75, 3.05) is 13.7 Å². The highest BCUT2D eigenvalue weighted by Gasteiger charge is 2.21. The van der Waals surface area contributed by atoms with Crippen LogP contribution in [0, 0.1) is 0 Å². The molecule has 0 bridgehead atoms. The first kappa shape index (κ1) is 18.7. The molecule has 1 N–H and O–H groups in total. The van der Waals surface area contributed by atoms with E-state index >= 15 is 0 Å². The standard InChI is InChI=1S/C17H15BrFNO5/c1-24-13-6-7-15(25-10-16(21)22)14(8-13)17(23)20(19)9-11-2-4-12(18)5-3-11/h2-8H,9-10H2,1H3,(H,21,22). The van der Waals surface area contributed by atoms with Crippen molar-refractivity contribution in [3.05, 3.63) is 58.1 Å². The predicted molar refractivity (Wildman–Crippen MR) is 91.2 cm³/mol. The summed E-state index contributed by atoms with van der Waals surface area (Å²) in [5, 5.41) is 8.74. The highest BCUT2D eigenvalue weighted by Crippen LogP contribution is 2.26. The molecular formula is C17H15BrFNO5. The first-order valence-electron chi connectivity index (χ1n) is 7.15. The zero-order valence-corrected chi connectivity index (χ0v) is 14.8. The van der Waals surface area contributed by atoms with Crippen LogP contribution in [-0.2, 0) is 11.3 Å². The van der Waals surface area contributed by atoms with Gasteiger partial charge in [-0.05, 0) is 35.9 Å². The molecule has 0 radical (unpaired) electrons. The Labute approximate surface area is 151 Å². The van der Waals surface area contributed by atoms with E-state index in [1.807, 2.05) is 0 Å². The fraction of sp³-hybridized carbons (Fsp3) is 0.176. The molecule has 8 heteroatoms. The van der Waals surface area contributed by atoms with Crippen LogP contribution >= 0.6 is 15.9 Å². The summed E-state index contributed by atoms with van der Waals surface area (Å²) in [6, 6.07) is 11.0. The van der Waals surface area contributed by atoms with Gasteiger partial charge in [-0.25, -0.2) is 4.79 Å². The minimum absolute atomic E-state index is 0.0334. The highest BCUT2D eigenvalue weighted by atomic mass is 79.9. The average Bonchev–Trinajstić information content (AvgIpc) is 2.61. The summed E-state index contributed by atoms with van der Waals surface area (Å²) in [5.74, 6) is -1.88. The van der Waals surface area contributed by atoms with Crippen molar-refractivity contribution >= 4 is 27.8 Å². The molecule has 0 saturated carbocycles. The van der Waals surface area contributed by atoms with Crippen LogP contribution in [-0.4, -0.2) is 35.8 Å². The van der Waals surface area contributed by atoms with E-state index in [1.54, 1.807) is 24.3 Å². The summed E-state index contributed by atoms with van der Waals surface area (Å²) in [6.45, 7) is -0.909. The Morgan fingerprint density at radius 3 is 2.48 bits per heavy atom. The van der Waals surface area contributed by atoms with Crippen molar-refractivity contribution in [1.29, 1.82) is 0 Å². The van der Waals surface area contributed by atoms with E-state index in [4.69, 9.17) is 14.6 Å². The van der Waals surface area contributed by atoms with Crippen LogP contribution in [0.3, 0.4) is 0 Å². The normalized spacial score (nSPS) is 10.2. The topological polar surface area (TPSA) is 76.1 Å². The summed E-state index contributed by atoms with van der Waals surface area (Å²) < 4.78 is 25.3. The Kier molecular flexibility index (Phi) is 6.35. The molecule has 0 spiro atoms. The number of hydrogen-bond donors (Lipinski definition) is 1. The first-order chi connectivity index (χ1) is 11.9. The Morgan fingerprint density at radius 1 is 1.20 bits per heavy atom. The zero-order valence-electron chi connectivity index (χ0n) is 13.2. The number of rotatable bonds is 7. The first-order valence-corrected chi connectivity index (χ1v) is 7.94. The lowest BCUT2D eigenvalue weighted by Crippen LogP contribution is -2.23. The number of methoxy groups -OCH3 is 1. The number of carbonyl (C=O) groups is 2. The molecule has 132 valence electrons. The Morgan fingerprint density at radius 2 is 1.88 bits per heavy atom. The third-order valence-electron chi connectivity index (χ3n) is 3.22. The van der Waals surface area contributed by atoms with Crippen LogP contribution < -0.4 is 9.47 Å². The molecule has 0 unspecified atom stereocenters. The van der Waals surface area contributed by atoms with Crippen molar-refractivity contribution in [3.63, 3.8) is 0 Å². The van der Waals surface area contributed by atoms with Gasteiger partial charge in [0.1, 0.15) is 11.5 Å². The third-order valence-corrected chi connectivity index (χ3v) is 3.75. The molecule has 0 aromatic heterocycles. The lowest BCUT2D eigenvalue weighted by Gasteiger charge is -2.16.